The molecular formula is C25H25N5O4. The quantitative estimate of drug-likeness (QED) is 0.444. The van der Waals surface area contributed by atoms with Crippen LogP contribution in [0.1, 0.15) is 24.6 Å². The Bertz CT molecular complexity index is 1180. The minimum absolute atomic E-state index is 0.289. The number of rotatable bonds is 8. The topological polar surface area (TPSA) is 113 Å². The minimum Gasteiger partial charge on any atom is -0.487 e. The zero-order valence-electron chi connectivity index (χ0n) is 18.7. The van der Waals surface area contributed by atoms with Gasteiger partial charge in [0.05, 0.1) is 11.4 Å². The van der Waals surface area contributed by atoms with Crippen molar-refractivity contribution in [3.63, 3.8) is 0 Å². The lowest BCUT2D eigenvalue weighted by Gasteiger charge is -2.15. The molecule has 174 valence electrons. The molecular weight excluding hydrogens is 434 g/mol. The first-order valence-electron chi connectivity index (χ1n) is 10.9. The summed E-state index contributed by atoms with van der Waals surface area (Å²) in [6, 6.07) is 18.3. The molecule has 1 aromatic heterocycles. The molecule has 0 aliphatic carbocycles. The van der Waals surface area contributed by atoms with Gasteiger partial charge in [-0.2, -0.15) is 0 Å². The largest absolute Gasteiger partial charge is 0.487 e. The normalized spacial score (nSPS) is 15.1. The van der Waals surface area contributed by atoms with E-state index in [1.807, 2.05) is 49.4 Å². The lowest BCUT2D eigenvalue weighted by Crippen LogP contribution is -2.31. The third-order valence-electron chi connectivity index (χ3n) is 5.25. The number of nitrogens with one attached hydrogen (secondary N) is 3. The van der Waals surface area contributed by atoms with Gasteiger partial charge < -0.3 is 20.7 Å². The van der Waals surface area contributed by atoms with Crippen LogP contribution < -0.4 is 25.6 Å². The number of anilines is 2. The van der Waals surface area contributed by atoms with Gasteiger partial charge >= 0.3 is 12.1 Å². The van der Waals surface area contributed by atoms with Crippen molar-refractivity contribution in [3.05, 3.63) is 84.2 Å². The molecule has 34 heavy (non-hydrogen) atoms. The lowest BCUT2D eigenvalue weighted by atomic mass is 10.2. The number of carbonyl (C=O) groups excluding carboxylic acids is 3. The number of benzene rings is 2. The first-order valence-corrected chi connectivity index (χ1v) is 10.9. The number of aromatic nitrogens is 1. The number of nitrogens with zero attached hydrogens (tertiary/aromatic N) is 2. The number of hydrogen-bond acceptors (Lipinski definition) is 5. The Morgan fingerprint density at radius 1 is 1.09 bits per heavy atom. The van der Waals surface area contributed by atoms with Crippen LogP contribution in [0.25, 0.3) is 0 Å². The molecule has 4 rings (SSSR count). The van der Waals surface area contributed by atoms with Gasteiger partial charge in [0.2, 0.25) is 0 Å². The number of urea groups is 2. The van der Waals surface area contributed by atoms with Crippen LogP contribution in [0.3, 0.4) is 0 Å². The average Bonchev–Trinajstić information content (AvgIpc) is 3.15. The molecule has 2 aromatic carbocycles. The van der Waals surface area contributed by atoms with Gasteiger partial charge in [-0.1, -0.05) is 31.2 Å². The first-order chi connectivity index (χ1) is 16.5. The molecule has 0 radical (unpaired) electrons. The highest BCUT2D eigenvalue weighted by atomic mass is 16.5. The van der Waals surface area contributed by atoms with Crippen LogP contribution in [0.2, 0.25) is 0 Å². The van der Waals surface area contributed by atoms with Gasteiger partial charge in [0.15, 0.2) is 0 Å². The summed E-state index contributed by atoms with van der Waals surface area (Å²) in [5, 5.41) is 8.17. The van der Waals surface area contributed by atoms with Crippen molar-refractivity contribution < 1.29 is 19.1 Å². The van der Waals surface area contributed by atoms with E-state index in [0.717, 1.165) is 16.2 Å². The van der Waals surface area contributed by atoms with Crippen LogP contribution in [0.5, 0.6) is 5.75 Å². The SMILES string of the molecule is CCC1NC(=O)N(c2cccc(NC(=O)NCc3cccc(OCc4ccccn4)c3)c2)C1=O. The summed E-state index contributed by atoms with van der Waals surface area (Å²) in [5.74, 6) is 0.372. The van der Waals surface area contributed by atoms with Gasteiger partial charge in [-0.15, -0.1) is 0 Å². The van der Waals surface area contributed by atoms with Crippen LogP contribution in [-0.4, -0.2) is 29.0 Å². The molecule has 2 heterocycles. The molecule has 0 saturated carbocycles. The summed E-state index contributed by atoms with van der Waals surface area (Å²) in [5.41, 5.74) is 2.55. The van der Waals surface area contributed by atoms with Gasteiger partial charge in [0, 0.05) is 18.4 Å². The van der Waals surface area contributed by atoms with E-state index in [0.29, 0.717) is 30.2 Å². The van der Waals surface area contributed by atoms with Gasteiger partial charge in [-0.25, -0.2) is 14.5 Å². The second-order valence-electron chi connectivity index (χ2n) is 7.70. The van der Waals surface area contributed by atoms with Crippen molar-refractivity contribution in [1.29, 1.82) is 0 Å². The second-order valence-corrected chi connectivity index (χ2v) is 7.70. The minimum atomic E-state index is -0.531. The summed E-state index contributed by atoms with van der Waals surface area (Å²) in [6.07, 6.45) is 2.23. The van der Waals surface area contributed by atoms with Crippen molar-refractivity contribution in [2.24, 2.45) is 0 Å². The van der Waals surface area contributed by atoms with E-state index >= 15 is 0 Å². The Morgan fingerprint density at radius 3 is 2.71 bits per heavy atom. The fourth-order valence-electron chi connectivity index (χ4n) is 3.52. The van der Waals surface area contributed by atoms with Crippen molar-refractivity contribution in [2.45, 2.75) is 32.5 Å². The molecule has 3 N–H and O–H groups in total. The smallest absolute Gasteiger partial charge is 0.329 e. The standard InChI is InChI=1S/C25H25N5O4/c1-2-22-23(31)30(25(33)29-22)20-10-6-9-18(14-20)28-24(32)27-15-17-7-5-11-21(13-17)34-16-19-8-3-4-12-26-19/h3-14,22H,2,15-16H2,1H3,(H,29,33)(H2,27,28,32). The Hall–Kier alpha value is -4.40. The molecule has 1 unspecified atom stereocenters. The Kier molecular flexibility index (Phi) is 7.02. The van der Waals surface area contributed by atoms with Gasteiger partial charge in [0.1, 0.15) is 18.4 Å². The number of carbonyl (C=O) groups is 3. The molecule has 1 saturated heterocycles. The molecule has 9 heteroatoms. The number of hydrogen-bond donors (Lipinski definition) is 3. The molecule has 1 fully saturated rings. The molecule has 9 nitrogen and oxygen atoms in total. The maximum atomic E-state index is 12.4. The average molecular weight is 460 g/mol. The molecule has 0 bridgehead atoms. The Labute approximate surface area is 197 Å². The first kappa shape index (κ1) is 22.8. The van der Waals surface area contributed by atoms with Crippen molar-refractivity contribution in [3.8, 4) is 5.75 Å². The third kappa shape index (κ3) is 5.50. The van der Waals surface area contributed by atoms with Crippen LogP contribution >= 0.6 is 0 Å². The maximum absolute atomic E-state index is 12.4. The molecule has 1 aliphatic heterocycles. The van der Waals surface area contributed by atoms with Crippen molar-refractivity contribution in [1.82, 2.24) is 15.6 Å². The summed E-state index contributed by atoms with van der Waals surface area (Å²) in [4.78, 5) is 42.3. The van der Waals surface area contributed by atoms with E-state index in [1.165, 1.54) is 0 Å². The fourth-order valence-corrected chi connectivity index (χ4v) is 3.52. The highest BCUT2D eigenvalue weighted by Gasteiger charge is 2.37. The zero-order valence-corrected chi connectivity index (χ0v) is 18.7. The maximum Gasteiger partial charge on any atom is 0.329 e. The van der Waals surface area contributed by atoms with Crippen LogP contribution in [0.4, 0.5) is 21.0 Å². The number of amides is 5. The predicted octanol–water partition coefficient (Wildman–Crippen LogP) is 3.82. The second kappa shape index (κ2) is 10.5. The summed E-state index contributed by atoms with van der Waals surface area (Å²) in [7, 11) is 0. The summed E-state index contributed by atoms with van der Waals surface area (Å²) < 4.78 is 5.77. The molecule has 5 amide bonds. The van der Waals surface area contributed by atoms with Crippen molar-refractivity contribution in [2.75, 3.05) is 10.2 Å². The van der Waals surface area contributed by atoms with Gasteiger partial charge in [0.25, 0.3) is 5.91 Å². The molecule has 0 spiro atoms. The third-order valence-corrected chi connectivity index (χ3v) is 5.25. The molecule has 1 atom stereocenters. The van der Waals surface area contributed by atoms with E-state index in [-0.39, 0.29) is 12.5 Å². The molecule has 1 aliphatic rings. The summed E-state index contributed by atoms with van der Waals surface area (Å²) >= 11 is 0. The highest BCUT2D eigenvalue weighted by molar-refractivity contribution is 6.21. The monoisotopic (exact) mass is 459 g/mol. The van der Waals surface area contributed by atoms with E-state index in [2.05, 4.69) is 20.9 Å². The van der Waals surface area contributed by atoms with Crippen LogP contribution in [0, 0.1) is 0 Å². The Balaban J connectivity index is 1.32. The number of ether oxygens (including phenoxy) is 1. The number of imide groups is 1. The highest BCUT2D eigenvalue weighted by Crippen LogP contribution is 2.24. The lowest BCUT2D eigenvalue weighted by molar-refractivity contribution is -0.118. The fraction of sp³-hybridized carbons (Fsp3) is 0.200. The molecule has 3 aromatic rings. The van der Waals surface area contributed by atoms with E-state index in [4.69, 9.17) is 4.74 Å². The van der Waals surface area contributed by atoms with E-state index < -0.39 is 18.1 Å². The zero-order chi connectivity index (χ0) is 23.9. The van der Waals surface area contributed by atoms with E-state index in [1.54, 1.807) is 30.5 Å². The predicted molar refractivity (Wildman–Crippen MR) is 127 cm³/mol. The Morgan fingerprint density at radius 2 is 1.94 bits per heavy atom. The van der Waals surface area contributed by atoms with Gasteiger partial charge in [-0.05, 0) is 54.4 Å². The summed E-state index contributed by atoms with van der Waals surface area (Å²) in [6.45, 7) is 2.47. The van der Waals surface area contributed by atoms with Crippen LogP contribution in [-0.2, 0) is 17.9 Å². The van der Waals surface area contributed by atoms with Crippen LogP contribution in [0.15, 0.2) is 72.9 Å². The van der Waals surface area contributed by atoms with Crippen molar-refractivity contribution >= 4 is 29.3 Å². The number of pyridine rings is 1. The van der Waals surface area contributed by atoms with E-state index in [9.17, 15) is 14.4 Å². The van der Waals surface area contributed by atoms with Gasteiger partial charge in [-0.3, -0.25) is 9.78 Å².